The number of aromatic nitrogens is 5. The summed E-state index contributed by atoms with van der Waals surface area (Å²) in [4.78, 5) is 28.8. The first-order valence-corrected chi connectivity index (χ1v) is 9.67. The Hall–Kier alpha value is -4.27. The molecule has 9 heteroatoms. The lowest BCUT2D eigenvalue weighted by atomic mass is 10.2. The highest BCUT2D eigenvalue weighted by Crippen LogP contribution is 2.13. The van der Waals surface area contributed by atoms with E-state index in [0.29, 0.717) is 17.1 Å². The van der Waals surface area contributed by atoms with E-state index in [0.717, 1.165) is 17.1 Å². The Bertz CT molecular complexity index is 1190. The molecule has 0 fully saturated rings. The third-order valence-corrected chi connectivity index (χ3v) is 4.57. The average molecular weight is 415 g/mol. The molecule has 31 heavy (non-hydrogen) atoms. The van der Waals surface area contributed by atoms with Gasteiger partial charge in [0.05, 0.1) is 23.5 Å². The number of rotatable bonds is 6. The summed E-state index contributed by atoms with van der Waals surface area (Å²) in [7, 11) is 0. The topological polar surface area (TPSA) is 107 Å². The summed E-state index contributed by atoms with van der Waals surface area (Å²) in [6.45, 7) is 3.69. The predicted octanol–water partition coefficient (Wildman–Crippen LogP) is 2.44. The number of anilines is 1. The van der Waals surface area contributed by atoms with Crippen molar-refractivity contribution in [2.24, 2.45) is 0 Å². The molecule has 0 atom stereocenters. The van der Waals surface area contributed by atoms with Crippen molar-refractivity contribution in [3.05, 3.63) is 84.1 Å². The molecule has 2 N–H and O–H groups in total. The molecule has 3 heterocycles. The van der Waals surface area contributed by atoms with E-state index < -0.39 is 0 Å². The molecule has 4 aromatic rings. The van der Waals surface area contributed by atoms with Crippen molar-refractivity contribution >= 4 is 17.5 Å². The van der Waals surface area contributed by atoms with Crippen LogP contribution in [0, 0.1) is 13.8 Å². The van der Waals surface area contributed by atoms with Gasteiger partial charge in [0, 0.05) is 30.0 Å². The molecule has 0 radical (unpaired) electrons. The van der Waals surface area contributed by atoms with E-state index in [2.05, 4.69) is 25.8 Å². The van der Waals surface area contributed by atoms with Crippen molar-refractivity contribution in [3.63, 3.8) is 0 Å². The number of hydrogen-bond acceptors (Lipinski definition) is 5. The summed E-state index contributed by atoms with van der Waals surface area (Å²) < 4.78 is 3.43. The SMILES string of the molecule is Cc1cc(C)n(-c2ccc(C(=O)NCC(=O)Nc3ccc(-n4cccn4)cc3)cn2)n1. The lowest BCUT2D eigenvalue weighted by molar-refractivity contribution is -0.115. The Morgan fingerprint density at radius 2 is 1.87 bits per heavy atom. The molecule has 0 aliphatic heterocycles. The number of nitrogens with one attached hydrogen (secondary N) is 2. The minimum Gasteiger partial charge on any atom is -0.343 e. The number of carbonyl (C=O) groups is 2. The molecule has 3 aromatic heterocycles. The van der Waals surface area contributed by atoms with Crippen molar-refractivity contribution in [2.45, 2.75) is 13.8 Å². The van der Waals surface area contributed by atoms with Gasteiger partial charge in [0.2, 0.25) is 5.91 Å². The van der Waals surface area contributed by atoms with Crippen LogP contribution in [0.2, 0.25) is 0 Å². The summed E-state index contributed by atoms with van der Waals surface area (Å²) in [5.41, 5.74) is 3.72. The highest BCUT2D eigenvalue weighted by Gasteiger charge is 2.11. The molecule has 9 nitrogen and oxygen atoms in total. The van der Waals surface area contributed by atoms with Crippen molar-refractivity contribution in [2.75, 3.05) is 11.9 Å². The number of aryl methyl sites for hydroxylation is 2. The first-order chi connectivity index (χ1) is 15.0. The van der Waals surface area contributed by atoms with Crippen LogP contribution >= 0.6 is 0 Å². The average Bonchev–Trinajstić information content (AvgIpc) is 3.42. The monoisotopic (exact) mass is 415 g/mol. The van der Waals surface area contributed by atoms with Gasteiger partial charge in [0.1, 0.15) is 0 Å². The number of hydrogen-bond donors (Lipinski definition) is 2. The molecule has 1 aromatic carbocycles. The van der Waals surface area contributed by atoms with E-state index in [1.807, 2.05) is 44.3 Å². The van der Waals surface area contributed by atoms with Crippen LogP contribution in [0.25, 0.3) is 11.5 Å². The quantitative estimate of drug-likeness (QED) is 0.503. The van der Waals surface area contributed by atoms with Gasteiger partial charge in [0.25, 0.3) is 5.91 Å². The van der Waals surface area contributed by atoms with Crippen molar-refractivity contribution in [1.82, 2.24) is 29.9 Å². The summed E-state index contributed by atoms with van der Waals surface area (Å²) in [5.74, 6) is -0.0811. The van der Waals surface area contributed by atoms with E-state index in [1.165, 1.54) is 6.20 Å². The first kappa shape index (κ1) is 20.0. The Balaban J connectivity index is 1.31. The fourth-order valence-corrected chi connectivity index (χ4v) is 3.09. The van der Waals surface area contributed by atoms with Gasteiger partial charge in [-0.05, 0) is 62.4 Å². The van der Waals surface area contributed by atoms with Crippen LogP contribution in [0.5, 0.6) is 0 Å². The number of carbonyl (C=O) groups excluding carboxylic acids is 2. The van der Waals surface area contributed by atoms with Gasteiger partial charge in [-0.15, -0.1) is 0 Å². The summed E-state index contributed by atoms with van der Waals surface area (Å²) in [6, 6.07) is 14.4. The maximum Gasteiger partial charge on any atom is 0.253 e. The molecular formula is C22H21N7O2. The molecule has 0 unspecified atom stereocenters. The maximum absolute atomic E-state index is 12.3. The minimum atomic E-state index is -0.378. The molecule has 156 valence electrons. The van der Waals surface area contributed by atoms with Crippen LogP contribution in [0.15, 0.2) is 67.1 Å². The smallest absolute Gasteiger partial charge is 0.253 e. The zero-order valence-electron chi connectivity index (χ0n) is 17.1. The second-order valence-electron chi connectivity index (χ2n) is 6.97. The Kier molecular flexibility index (Phi) is 5.57. The molecule has 0 bridgehead atoms. The van der Waals surface area contributed by atoms with Crippen LogP contribution in [0.1, 0.15) is 21.7 Å². The highest BCUT2D eigenvalue weighted by molar-refractivity contribution is 5.99. The van der Waals surface area contributed by atoms with Crippen molar-refractivity contribution in [1.29, 1.82) is 0 Å². The molecule has 0 aliphatic carbocycles. The van der Waals surface area contributed by atoms with Gasteiger partial charge < -0.3 is 10.6 Å². The molecular weight excluding hydrogens is 394 g/mol. The van der Waals surface area contributed by atoms with Crippen LogP contribution in [0.4, 0.5) is 5.69 Å². The normalized spacial score (nSPS) is 10.6. The fourth-order valence-electron chi connectivity index (χ4n) is 3.09. The first-order valence-electron chi connectivity index (χ1n) is 9.67. The minimum absolute atomic E-state index is 0.154. The Labute approximate surface area is 178 Å². The van der Waals surface area contributed by atoms with Gasteiger partial charge in [-0.25, -0.2) is 14.3 Å². The molecule has 0 aliphatic rings. The standard InChI is InChI=1S/C22H21N7O2/c1-15-12-16(2)29(27-15)20-9-4-17(13-23-20)22(31)24-14-21(30)26-18-5-7-19(8-6-18)28-11-3-10-25-28/h3-13H,14H2,1-2H3,(H,24,31)(H,26,30). The van der Waals surface area contributed by atoms with Gasteiger partial charge in [-0.2, -0.15) is 10.2 Å². The van der Waals surface area contributed by atoms with E-state index in [4.69, 9.17) is 0 Å². The number of nitrogens with zero attached hydrogens (tertiary/aromatic N) is 5. The van der Waals surface area contributed by atoms with E-state index in [9.17, 15) is 9.59 Å². The van der Waals surface area contributed by atoms with Gasteiger partial charge in [0.15, 0.2) is 5.82 Å². The van der Waals surface area contributed by atoms with Crippen molar-refractivity contribution < 1.29 is 9.59 Å². The number of benzene rings is 1. The van der Waals surface area contributed by atoms with Crippen molar-refractivity contribution in [3.8, 4) is 11.5 Å². The van der Waals surface area contributed by atoms with E-state index >= 15 is 0 Å². The van der Waals surface area contributed by atoms with Crippen LogP contribution in [-0.4, -0.2) is 42.9 Å². The van der Waals surface area contributed by atoms with Crippen LogP contribution in [0.3, 0.4) is 0 Å². The second-order valence-corrected chi connectivity index (χ2v) is 6.97. The Morgan fingerprint density at radius 1 is 1.06 bits per heavy atom. The van der Waals surface area contributed by atoms with Gasteiger partial charge >= 0.3 is 0 Å². The highest BCUT2D eigenvalue weighted by atomic mass is 16.2. The third kappa shape index (κ3) is 4.67. The lowest BCUT2D eigenvalue weighted by Crippen LogP contribution is -2.32. The molecule has 0 saturated carbocycles. The number of pyridine rings is 1. The fraction of sp³-hybridized carbons (Fsp3) is 0.136. The zero-order chi connectivity index (χ0) is 21.8. The van der Waals surface area contributed by atoms with E-state index in [1.54, 1.807) is 39.8 Å². The second kappa shape index (κ2) is 8.62. The van der Waals surface area contributed by atoms with Gasteiger partial charge in [-0.3, -0.25) is 9.59 Å². The summed E-state index contributed by atoms with van der Waals surface area (Å²) in [6.07, 6.45) is 5.00. The molecule has 4 rings (SSSR count). The van der Waals surface area contributed by atoms with E-state index in [-0.39, 0.29) is 18.4 Å². The zero-order valence-corrected chi connectivity index (χ0v) is 17.1. The summed E-state index contributed by atoms with van der Waals surface area (Å²) in [5, 5.41) is 13.9. The molecule has 0 saturated heterocycles. The van der Waals surface area contributed by atoms with Crippen LogP contribution in [-0.2, 0) is 4.79 Å². The maximum atomic E-state index is 12.3. The molecule has 2 amide bonds. The van der Waals surface area contributed by atoms with Crippen LogP contribution < -0.4 is 10.6 Å². The Morgan fingerprint density at radius 3 is 2.48 bits per heavy atom. The largest absolute Gasteiger partial charge is 0.343 e. The third-order valence-electron chi connectivity index (χ3n) is 4.57. The number of amides is 2. The molecule has 0 spiro atoms. The lowest BCUT2D eigenvalue weighted by Gasteiger charge is -2.09. The van der Waals surface area contributed by atoms with Gasteiger partial charge in [-0.1, -0.05) is 0 Å². The summed E-state index contributed by atoms with van der Waals surface area (Å²) >= 11 is 0. The predicted molar refractivity (Wildman–Crippen MR) is 115 cm³/mol.